The van der Waals surface area contributed by atoms with E-state index in [1.54, 1.807) is 0 Å². The van der Waals surface area contributed by atoms with E-state index >= 15 is 0 Å². The number of benzene rings is 3. The van der Waals surface area contributed by atoms with Crippen molar-refractivity contribution in [2.24, 2.45) is 33.4 Å². The molecule has 8 N–H and O–H groups in total. The number of rotatable bonds is 4. The summed E-state index contributed by atoms with van der Waals surface area (Å²) in [6.07, 6.45) is 0. The molecule has 0 aliphatic rings. The molecule has 0 bridgehead atoms. The SMILES string of the molecule is N/N=C(\N)SCc1c2ccccc2c(CS/C(N)=N/N)c2ccccc12. The number of thioether (sulfide) groups is 2. The average molecular weight is 385 g/mol. The van der Waals surface area contributed by atoms with Gasteiger partial charge in [-0.2, -0.15) is 10.2 Å². The molecule has 3 rings (SSSR count). The first-order valence-corrected chi connectivity index (χ1v) is 9.86. The molecule has 0 saturated carbocycles. The van der Waals surface area contributed by atoms with E-state index in [1.807, 2.05) is 24.3 Å². The maximum atomic E-state index is 5.78. The second-order valence-electron chi connectivity index (χ2n) is 5.56. The fourth-order valence-corrected chi connectivity index (χ4v) is 4.34. The monoisotopic (exact) mass is 384 g/mol. The van der Waals surface area contributed by atoms with E-state index in [-0.39, 0.29) is 0 Å². The van der Waals surface area contributed by atoms with Crippen molar-refractivity contribution in [1.82, 2.24) is 0 Å². The molecule has 0 spiro atoms. The number of nitrogens with zero attached hydrogens (tertiary/aromatic N) is 2. The van der Waals surface area contributed by atoms with Crippen molar-refractivity contribution in [2.45, 2.75) is 11.5 Å². The predicted octanol–water partition coefficient (Wildman–Crippen LogP) is 2.84. The minimum Gasteiger partial charge on any atom is -0.377 e. The number of amidine groups is 2. The van der Waals surface area contributed by atoms with Crippen LogP contribution in [-0.2, 0) is 11.5 Å². The smallest absolute Gasteiger partial charge is 0.177 e. The maximum absolute atomic E-state index is 5.78. The Morgan fingerprint density at radius 2 is 0.962 bits per heavy atom. The molecule has 134 valence electrons. The van der Waals surface area contributed by atoms with Crippen LogP contribution in [0, 0.1) is 0 Å². The lowest BCUT2D eigenvalue weighted by molar-refractivity contribution is 1.25. The van der Waals surface area contributed by atoms with Crippen molar-refractivity contribution in [3.05, 3.63) is 59.7 Å². The van der Waals surface area contributed by atoms with Gasteiger partial charge in [-0.1, -0.05) is 72.1 Å². The van der Waals surface area contributed by atoms with Crippen LogP contribution in [0.5, 0.6) is 0 Å². The Morgan fingerprint density at radius 3 is 1.23 bits per heavy atom. The Bertz CT molecular complexity index is 863. The van der Waals surface area contributed by atoms with Crippen molar-refractivity contribution in [2.75, 3.05) is 0 Å². The quantitative estimate of drug-likeness (QED) is 0.180. The molecule has 0 radical (unpaired) electrons. The first-order chi connectivity index (χ1) is 12.7. The zero-order chi connectivity index (χ0) is 18.5. The first kappa shape index (κ1) is 18.2. The number of hydrogen-bond donors (Lipinski definition) is 4. The van der Waals surface area contributed by atoms with Crippen molar-refractivity contribution in [3.63, 3.8) is 0 Å². The van der Waals surface area contributed by atoms with Crippen molar-refractivity contribution < 1.29 is 0 Å². The fraction of sp³-hybridized carbons (Fsp3) is 0.111. The van der Waals surface area contributed by atoms with Gasteiger partial charge in [0.2, 0.25) is 0 Å². The normalized spacial score (nSPS) is 12.8. The van der Waals surface area contributed by atoms with E-state index in [0.29, 0.717) is 21.8 Å². The number of hydrazone groups is 2. The van der Waals surface area contributed by atoms with E-state index in [0.717, 1.165) is 0 Å². The Labute approximate surface area is 160 Å². The Balaban J connectivity index is 2.21. The maximum Gasteiger partial charge on any atom is 0.177 e. The van der Waals surface area contributed by atoms with Gasteiger partial charge in [0, 0.05) is 11.5 Å². The van der Waals surface area contributed by atoms with Crippen LogP contribution in [-0.4, -0.2) is 10.3 Å². The highest BCUT2D eigenvalue weighted by molar-refractivity contribution is 8.13. The van der Waals surface area contributed by atoms with Gasteiger partial charge in [0.25, 0.3) is 0 Å². The number of hydrogen-bond acceptors (Lipinski definition) is 6. The summed E-state index contributed by atoms with van der Waals surface area (Å²) in [4.78, 5) is 0. The van der Waals surface area contributed by atoms with Gasteiger partial charge in [-0.15, -0.1) is 0 Å². The lowest BCUT2D eigenvalue weighted by atomic mass is 9.93. The highest BCUT2D eigenvalue weighted by Gasteiger charge is 2.14. The van der Waals surface area contributed by atoms with Gasteiger partial charge < -0.3 is 23.2 Å². The molecule has 0 saturated heterocycles. The van der Waals surface area contributed by atoms with Crippen LogP contribution >= 0.6 is 23.5 Å². The van der Waals surface area contributed by atoms with Gasteiger partial charge in [0.15, 0.2) is 10.3 Å². The van der Waals surface area contributed by atoms with Gasteiger partial charge in [-0.3, -0.25) is 0 Å². The molecule has 0 aromatic heterocycles. The zero-order valence-corrected chi connectivity index (χ0v) is 15.7. The Kier molecular flexibility index (Phi) is 5.75. The van der Waals surface area contributed by atoms with Gasteiger partial charge in [0.05, 0.1) is 0 Å². The Morgan fingerprint density at radius 1 is 0.654 bits per heavy atom. The molecule has 0 aliphatic carbocycles. The van der Waals surface area contributed by atoms with E-state index in [9.17, 15) is 0 Å². The average Bonchev–Trinajstić information content (AvgIpc) is 2.69. The molecule has 6 nitrogen and oxygen atoms in total. The van der Waals surface area contributed by atoms with Crippen LogP contribution in [0.25, 0.3) is 21.5 Å². The molecular formula is C18H20N6S2. The van der Waals surface area contributed by atoms with Crippen LogP contribution in [0.15, 0.2) is 58.7 Å². The van der Waals surface area contributed by atoms with E-state index in [2.05, 4.69) is 34.5 Å². The predicted molar refractivity (Wildman–Crippen MR) is 116 cm³/mol. The molecule has 0 atom stereocenters. The molecule has 26 heavy (non-hydrogen) atoms. The Hall–Kier alpha value is -2.58. The molecule has 8 heteroatoms. The summed E-state index contributed by atoms with van der Waals surface area (Å²) in [5.41, 5.74) is 14.0. The summed E-state index contributed by atoms with van der Waals surface area (Å²) >= 11 is 2.86. The van der Waals surface area contributed by atoms with Crippen LogP contribution in [0.2, 0.25) is 0 Å². The summed E-state index contributed by atoms with van der Waals surface area (Å²) in [6, 6.07) is 16.7. The van der Waals surface area contributed by atoms with E-state index in [1.165, 1.54) is 56.2 Å². The summed E-state index contributed by atoms with van der Waals surface area (Å²) in [5, 5.41) is 12.6. The highest BCUT2D eigenvalue weighted by atomic mass is 32.2. The minimum absolute atomic E-state index is 0.365. The van der Waals surface area contributed by atoms with Crippen LogP contribution in [0.3, 0.4) is 0 Å². The fourth-order valence-electron chi connectivity index (χ4n) is 2.99. The molecule has 0 amide bonds. The van der Waals surface area contributed by atoms with Gasteiger partial charge in [0.1, 0.15) is 0 Å². The molecule has 0 unspecified atom stereocenters. The van der Waals surface area contributed by atoms with Crippen molar-refractivity contribution in [3.8, 4) is 0 Å². The lowest BCUT2D eigenvalue weighted by Crippen LogP contribution is -2.10. The third-order valence-corrected chi connectivity index (χ3v) is 5.81. The largest absolute Gasteiger partial charge is 0.377 e. The topological polar surface area (TPSA) is 129 Å². The molecule has 0 fully saturated rings. The van der Waals surface area contributed by atoms with E-state index in [4.69, 9.17) is 23.2 Å². The van der Waals surface area contributed by atoms with Crippen LogP contribution in [0.4, 0.5) is 0 Å². The first-order valence-electron chi connectivity index (χ1n) is 7.89. The molecule has 3 aromatic rings. The molecular weight excluding hydrogens is 364 g/mol. The second kappa shape index (κ2) is 8.20. The summed E-state index contributed by atoms with van der Waals surface area (Å²) in [5.74, 6) is 11.9. The summed E-state index contributed by atoms with van der Waals surface area (Å²) in [7, 11) is 0. The summed E-state index contributed by atoms with van der Waals surface area (Å²) < 4.78 is 0. The molecule has 0 aliphatic heterocycles. The van der Waals surface area contributed by atoms with Gasteiger partial charge >= 0.3 is 0 Å². The van der Waals surface area contributed by atoms with Crippen molar-refractivity contribution >= 4 is 55.4 Å². The lowest BCUT2D eigenvalue weighted by Gasteiger charge is -2.16. The second-order valence-corrected chi connectivity index (χ2v) is 7.55. The number of nitrogens with two attached hydrogens (primary N) is 4. The highest BCUT2D eigenvalue weighted by Crippen LogP contribution is 2.36. The van der Waals surface area contributed by atoms with Crippen LogP contribution < -0.4 is 23.2 Å². The minimum atomic E-state index is 0.365. The van der Waals surface area contributed by atoms with E-state index < -0.39 is 0 Å². The zero-order valence-electron chi connectivity index (χ0n) is 14.1. The van der Waals surface area contributed by atoms with Crippen molar-refractivity contribution in [1.29, 1.82) is 0 Å². The summed E-state index contributed by atoms with van der Waals surface area (Å²) in [6.45, 7) is 0. The van der Waals surface area contributed by atoms with Gasteiger partial charge in [-0.25, -0.2) is 0 Å². The van der Waals surface area contributed by atoms with Crippen LogP contribution in [0.1, 0.15) is 11.1 Å². The molecule has 3 aromatic carbocycles. The third-order valence-electron chi connectivity index (χ3n) is 4.14. The molecule has 0 heterocycles. The number of fused-ring (bicyclic) bond motifs is 2. The standard InChI is InChI=1S/C18H20N6S2/c19-17(23-21)25-9-15-11-5-1-2-6-12(11)16(10-26-18(20)24-22)14-8-4-3-7-13(14)15/h1-8H,9-10,21-22H2,(H2,19,23)(H2,20,24). The third kappa shape index (κ3) is 3.66. The van der Waals surface area contributed by atoms with Gasteiger partial charge in [-0.05, 0) is 32.7 Å².